The van der Waals surface area contributed by atoms with Crippen molar-refractivity contribution in [2.24, 2.45) is 0 Å². The first-order valence-corrected chi connectivity index (χ1v) is 5.65. The van der Waals surface area contributed by atoms with Crippen molar-refractivity contribution in [1.82, 2.24) is 4.98 Å². The van der Waals surface area contributed by atoms with Crippen LogP contribution in [0.3, 0.4) is 0 Å². The number of benzene rings is 1. The van der Waals surface area contributed by atoms with Gasteiger partial charge in [0.15, 0.2) is 5.78 Å². The number of ketones is 1. The number of nitrogens with zero attached hydrogens (tertiary/aromatic N) is 1. The van der Waals surface area contributed by atoms with Crippen molar-refractivity contribution in [3.05, 3.63) is 35.2 Å². The number of aromatic nitrogens is 1. The van der Waals surface area contributed by atoms with Gasteiger partial charge in [-0.2, -0.15) is 0 Å². The smallest absolute Gasteiger partial charge is 0.236 e. The lowest BCUT2D eigenvalue weighted by Crippen LogP contribution is -1.92. The third kappa shape index (κ3) is 1.97. The van der Waals surface area contributed by atoms with E-state index in [0.717, 1.165) is 10.6 Å². The molecule has 1 aromatic heterocycles. The number of Topliss-reactive ketones (excluding diaryl/α,β-unsaturated/α-hetero) is 1. The van der Waals surface area contributed by atoms with Crippen molar-refractivity contribution >= 4 is 17.1 Å². The number of hydrogen-bond acceptors (Lipinski definition) is 4. The third-order valence-corrected chi connectivity index (χ3v) is 3.32. The van der Waals surface area contributed by atoms with Crippen LogP contribution in [0.1, 0.15) is 16.6 Å². The SMILES string of the molecule is COc1nc(-c2ccccc2)sc1C(C)=O. The Morgan fingerprint density at radius 3 is 2.50 bits per heavy atom. The second-order valence-corrected chi connectivity index (χ2v) is 4.28. The monoisotopic (exact) mass is 233 g/mol. The van der Waals surface area contributed by atoms with E-state index >= 15 is 0 Å². The maximum absolute atomic E-state index is 11.4. The highest BCUT2D eigenvalue weighted by atomic mass is 32.1. The minimum absolute atomic E-state index is 0.0171. The molecule has 0 spiro atoms. The molecular formula is C12H11NO2S. The summed E-state index contributed by atoms with van der Waals surface area (Å²) in [5.41, 5.74) is 0.998. The summed E-state index contributed by atoms with van der Waals surface area (Å²) in [6, 6.07) is 9.75. The summed E-state index contributed by atoms with van der Waals surface area (Å²) in [7, 11) is 1.52. The molecule has 0 radical (unpaired) electrons. The molecule has 0 fully saturated rings. The number of methoxy groups -OCH3 is 1. The van der Waals surface area contributed by atoms with Gasteiger partial charge in [-0.05, 0) is 0 Å². The fourth-order valence-electron chi connectivity index (χ4n) is 1.37. The van der Waals surface area contributed by atoms with Crippen LogP contribution in [0.15, 0.2) is 30.3 Å². The van der Waals surface area contributed by atoms with E-state index in [4.69, 9.17) is 4.74 Å². The lowest BCUT2D eigenvalue weighted by Gasteiger charge is -1.94. The van der Waals surface area contributed by atoms with E-state index in [2.05, 4.69) is 4.98 Å². The minimum atomic E-state index is -0.0171. The van der Waals surface area contributed by atoms with Gasteiger partial charge in [-0.15, -0.1) is 11.3 Å². The first-order valence-electron chi connectivity index (χ1n) is 4.83. The van der Waals surface area contributed by atoms with Gasteiger partial charge in [0.1, 0.15) is 9.88 Å². The molecular weight excluding hydrogens is 222 g/mol. The van der Waals surface area contributed by atoms with Crippen LogP contribution in [0.2, 0.25) is 0 Å². The van der Waals surface area contributed by atoms with Crippen molar-refractivity contribution in [3.8, 4) is 16.5 Å². The molecule has 0 aliphatic carbocycles. The molecule has 0 aliphatic rings. The topological polar surface area (TPSA) is 39.2 Å². The van der Waals surface area contributed by atoms with Crippen LogP contribution in [-0.2, 0) is 0 Å². The van der Waals surface area contributed by atoms with Gasteiger partial charge < -0.3 is 4.74 Å². The maximum Gasteiger partial charge on any atom is 0.236 e. The van der Waals surface area contributed by atoms with E-state index in [1.165, 1.54) is 25.4 Å². The van der Waals surface area contributed by atoms with Crippen LogP contribution in [0.5, 0.6) is 5.88 Å². The van der Waals surface area contributed by atoms with Crippen molar-refractivity contribution < 1.29 is 9.53 Å². The zero-order chi connectivity index (χ0) is 11.5. The van der Waals surface area contributed by atoms with E-state index in [-0.39, 0.29) is 5.78 Å². The number of carbonyl (C=O) groups excluding carboxylic acids is 1. The van der Waals surface area contributed by atoms with E-state index < -0.39 is 0 Å². The molecule has 0 amide bonds. The lowest BCUT2D eigenvalue weighted by molar-refractivity contribution is 0.101. The largest absolute Gasteiger partial charge is 0.480 e. The van der Waals surface area contributed by atoms with Crippen LogP contribution >= 0.6 is 11.3 Å². The molecule has 0 aliphatic heterocycles. The number of carbonyl (C=O) groups is 1. The molecule has 3 nitrogen and oxygen atoms in total. The van der Waals surface area contributed by atoms with Gasteiger partial charge in [0.05, 0.1) is 7.11 Å². The average molecular weight is 233 g/mol. The van der Waals surface area contributed by atoms with Crippen molar-refractivity contribution in [3.63, 3.8) is 0 Å². The van der Waals surface area contributed by atoms with E-state index in [1.807, 2.05) is 30.3 Å². The van der Waals surface area contributed by atoms with Crippen molar-refractivity contribution in [2.75, 3.05) is 7.11 Å². The Morgan fingerprint density at radius 1 is 1.31 bits per heavy atom. The second kappa shape index (κ2) is 4.45. The van der Waals surface area contributed by atoms with Crippen LogP contribution in [-0.4, -0.2) is 17.9 Å². The summed E-state index contributed by atoms with van der Waals surface area (Å²) in [4.78, 5) is 16.2. The van der Waals surface area contributed by atoms with Crippen LogP contribution in [0, 0.1) is 0 Å². The summed E-state index contributed by atoms with van der Waals surface area (Å²) < 4.78 is 5.09. The predicted octanol–water partition coefficient (Wildman–Crippen LogP) is 3.02. The Labute approximate surface area is 97.7 Å². The fraction of sp³-hybridized carbons (Fsp3) is 0.167. The number of thiazole rings is 1. The summed E-state index contributed by atoms with van der Waals surface area (Å²) >= 11 is 1.36. The zero-order valence-corrected chi connectivity index (χ0v) is 9.88. The predicted molar refractivity (Wildman–Crippen MR) is 64.1 cm³/mol. The highest BCUT2D eigenvalue weighted by molar-refractivity contribution is 7.17. The van der Waals surface area contributed by atoms with Crippen LogP contribution < -0.4 is 4.74 Å². The number of ether oxygens (including phenoxy) is 1. The standard InChI is InChI=1S/C12H11NO2S/c1-8(14)10-11(15-2)13-12(16-10)9-6-4-3-5-7-9/h3-7H,1-2H3. The lowest BCUT2D eigenvalue weighted by atomic mass is 10.2. The van der Waals surface area contributed by atoms with E-state index in [0.29, 0.717) is 10.8 Å². The van der Waals surface area contributed by atoms with Crippen molar-refractivity contribution in [1.29, 1.82) is 0 Å². The summed E-state index contributed by atoms with van der Waals surface area (Å²) in [6.45, 7) is 1.52. The first kappa shape index (κ1) is 10.8. The average Bonchev–Trinajstić information content (AvgIpc) is 2.74. The Bertz CT molecular complexity index is 505. The Kier molecular flexibility index (Phi) is 3.01. The molecule has 0 N–H and O–H groups in total. The van der Waals surface area contributed by atoms with E-state index in [1.54, 1.807) is 0 Å². The highest BCUT2D eigenvalue weighted by Gasteiger charge is 2.16. The fourth-order valence-corrected chi connectivity index (χ4v) is 2.31. The molecule has 0 atom stereocenters. The van der Waals surface area contributed by atoms with Gasteiger partial charge >= 0.3 is 0 Å². The number of hydrogen-bond donors (Lipinski definition) is 0. The Balaban J connectivity index is 2.48. The zero-order valence-electron chi connectivity index (χ0n) is 9.06. The van der Waals surface area contributed by atoms with Gasteiger partial charge in [-0.1, -0.05) is 30.3 Å². The van der Waals surface area contributed by atoms with Crippen LogP contribution in [0.4, 0.5) is 0 Å². The van der Waals surface area contributed by atoms with E-state index in [9.17, 15) is 4.79 Å². The second-order valence-electron chi connectivity index (χ2n) is 3.28. The third-order valence-electron chi connectivity index (χ3n) is 2.13. The first-order chi connectivity index (χ1) is 7.72. The molecule has 82 valence electrons. The Hall–Kier alpha value is -1.68. The summed E-state index contributed by atoms with van der Waals surface area (Å²) in [5, 5.41) is 0.808. The molecule has 1 heterocycles. The molecule has 0 bridgehead atoms. The molecule has 0 unspecified atom stereocenters. The van der Waals surface area contributed by atoms with Gasteiger partial charge in [0.25, 0.3) is 0 Å². The molecule has 0 saturated carbocycles. The van der Waals surface area contributed by atoms with Gasteiger partial charge in [0, 0.05) is 12.5 Å². The van der Waals surface area contributed by atoms with Gasteiger partial charge in [0.2, 0.25) is 5.88 Å². The molecule has 16 heavy (non-hydrogen) atoms. The van der Waals surface area contributed by atoms with Gasteiger partial charge in [-0.25, -0.2) is 4.98 Å². The minimum Gasteiger partial charge on any atom is -0.480 e. The van der Waals surface area contributed by atoms with Crippen LogP contribution in [0.25, 0.3) is 10.6 Å². The molecule has 2 aromatic rings. The molecule has 1 aromatic carbocycles. The normalized spacial score (nSPS) is 10.1. The quantitative estimate of drug-likeness (QED) is 0.765. The van der Waals surface area contributed by atoms with Gasteiger partial charge in [-0.3, -0.25) is 4.79 Å². The maximum atomic E-state index is 11.4. The summed E-state index contributed by atoms with van der Waals surface area (Å²) in [5.74, 6) is 0.396. The molecule has 4 heteroatoms. The number of rotatable bonds is 3. The molecule has 2 rings (SSSR count). The highest BCUT2D eigenvalue weighted by Crippen LogP contribution is 2.32. The van der Waals surface area contributed by atoms with Crippen molar-refractivity contribution in [2.45, 2.75) is 6.92 Å². The molecule has 0 saturated heterocycles. The summed E-state index contributed by atoms with van der Waals surface area (Å²) in [6.07, 6.45) is 0. The Morgan fingerprint density at radius 2 is 2.00 bits per heavy atom.